The molecule has 1 fully saturated rings. The molecule has 0 aliphatic carbocycles. The summed E-state index contributed by atoms with van der Waals surface area (Å²) in [5, 5.41) is 6.98. The van der Waals surface area contributed by atoms with Crippen LogP contribution in [0, 0.1) is 5.82 Å². The van der Waals surface area contributed by atoms with Gasteiger partial charge in [0.05, 0.1) is 19.8 Å². The highest BCUT2D eigenvalue weighted by Crippen LogP contribution is 2.37. The first kappa shape index (κ1) is 16.0. The fourth-order valence-corrected chi connectivity index (χ4v) is 4.15. The van der Waals surface area contributed by atoms with E-state index in [9.17, 15) is 9.18 Å². The second-order valence-electron chi connectivity index (χ2n) is 7.39. The first-order valence-electron chi connectivity index (χ1n) is 9.99. The fourth-order valence-electron chi connectivity index (χ4n) is 4.15. The van der Waals surface area contributed by atoms with Crippen molar-refractivity contribution in [1.82, 2.24) is 24.9 Å². The normalized spacial score (nSPS) is 25.4. The number of aromatic nitrogens is 4. The maximum Gasteiger partial charge on any atom is 0.256 e. The molecule has 28 heavy (non-hydrogen) atoms. The monoisotopic (exact) mass is 381 g/mol. The zero-order valence-corrected chi connectivity index (χ0v) is 15.5. The molecule has 5 heterocycles. The molecule has 2 bridgehead atoms. The van der Waals surface area contributed by atoms with Gasteiger partial charge >= 0.3 is 0 Å². The van der Waals surface area contributed by atoms with Crippen molar-refractivity contribution >= 4 is 17.4 Å². The van der Waals surface area contributed by atoms with Crippen molar-refractivity contribution in [1.29, 1.82) is 0 Å². The maximum absolute atomic E-state index is 14.1. The third-order valence-corrected chi connectivity index (χ3v) is 5.54. The molecule has 7 nitrogen and oxygen atoms in total. The van der Waals surface area contributed by atoms with Gasteiger partial charge in [0.25, 0.3) is 5.91 Å². The molecule has 144 valence electrons. The van der Waals surface area contributed by atoms with E-state index < -0.39 is 6.02 Å². The number of amides is 1. The third-order valence-electron chi connectivity index (χ3n) is 5.54. The summed E-state index contributed by atoms with van der Waals surface area (Å²) in [7, 11) is 0. The van der Waals surface area contributed by atoms with Crippen LogP contribution in [0.3, 0.4) is 0 Å². The van der Waals surface area contributed by atoms with Crippen LogP contribution >= 0.6 is 0 Å². The molecule has 2 aliphatic rings. The van der Waals surface area contributed by atoms with Gasteiger partial charge in [-0.2, -0.15) is 5.10 Å². The Kier molecular flexibility index (Phi) is 3.73. The number of halogens is 1. The quantitative estimate of drug-likeness (QED) is 0.648. The van der Waals surface area contributed by atoms with Crippen molar-refractivity contribution in [3.8, 4) is 0 Å². The average Bonchev–Trinajstić information content (AvgIpc) is 3.32. The molecular weight excluding hydrogens is 359 g/mol. The molecule has 5 rings (SSSR count). The minimum atomic E-state index is -1.21. The van der Waals surface area contributed by atoms with Crippen molar-refractivity contribution in [2.75, 3.05) is 11.4 Å². The Bertz CT molecular complexity index is 1110. The first-order valence-corrected chi connectivity index (χ1v) is 9.49. The average molecular weight is 381 g/mol. The van der Waals surface area contributed by atoms with Gasteiger partial charge in [-0.05, 0) is 50.3 Å². The number of nitrogens with one attached hydrogen (secondary N) is 1. The lowest BCUT2D eigenvalue weighted by Gasteiger charge is -2.27. The van der Waals surface area contributed by atoms with Crippen LogP contribution in [-0.4, -0.2) is 38.1 Å². The number of hydrogen-bond donors (Lipinski definition) is 1. The van der Waals surface area contributed by atoms with Crippen LogP contribution in [0.4, 0.5) is 10.2 Å². The van der Waals surface area contributed by atoms with Gasteiger partial charge in [-0.1, -0.05) is 0 Å². The number of anilines is 1. The minimum absolute atomic E-state index is 0.0454. The second-order valence-corrected chi connectivity index (χ2v) is 7.39. The number of nitrogens with zero attached hydrogens (tertiary/aromatic N) is 5. The Morgan fingerprint density at radius 1 is 1.36 bits per heavy atom. The lowest BCUT2D eigenvalue weighted by Crippen LogP contribution is -2.33. The molecule has 3 aromatic rings. The van der Waals surface area contributed by atoms with Crippen LogP contribution in [0.1, 0.15) is 55.2 Å². The van der Waals surface area contributed by atoms with E-state index in [1.165, 1.54) is 12.4 Å². The molecule has 1 amide bonds. The summed E-state index contributed by atoms with van der Waals surface area (Å²) in [6.45, 7) is 2.44. The van der Waals surface area contributed by atoms with Crippen molar-refractivity contribution in [2.24, 2.45) is 0 Å². The number of carbonyl (C=O) groups excluding carboxylic acids is 1. The van der Waals surface area contributed by atoms with Crippen LogP contribution in [0.2, 0.25) is 0 Å². The standard InChI is InChI=1S/C20H21FN6O/c1-12-4-5-16-14(9-13(21)10-22-16)17-3-2-7-26(17)18-6-8-27-19(25-18)15(11-23-27)20(28)24-12/h6,8-12,17H,2-5,7H2,1H3,(H,24,28)/t12-,17+/m0/s1/i12D. The Morgan fingerprint density at radius 3 is 3.14 bits per heavy atom. The summed E-state index contributed by atoms with van der Waals surface area (Å²) in [5.74, 6) is -0.0346. The van der Waals surface area contributed by atoms with Crippen LogP contribution in [0.25, 0.3) is 5.65 Å². The maximum atomic E-state index is 14.1. The van der Waals surface area contributed by atoms with E-state index >= 15 is 0 Å². The summed E-state index contributed by atoms with van der Waals surface area (Å²) < 4.78 is 24.2. The lowest BCUT2D eigenvalue weighted by molar-refractivity contribution is 0.0940. The van der Waals surface area contributed by atoms with Crippen molar-refractivity contribution in [3.05, 3.63) is 53.4 Å². The lowest BCUT2D eigenvalue weighted by atomic mass is 9.98. The van der Waals surface area contributed by atoms with E-state index in [2.05, 4.69) is 20.3 Å². The molecule has 0 saturated carbocycles. The van der Waals surface area contributed by atoms with Crippen LogP contribution in [0.15, 0.2) is 30.7 Å². The van der Waals surface area contributed by atoms with Gasteiger partial charge in [0, 0.05) is 24.5 Å². The van der Waals surface area contributed by atoms with E-state index in [0.29, 0.717) is 24.1 Å². The Labute approximate surface area is 163 Å². The van der Waals surface area contributed by atoms with Crippen molar-refractivity contribution in [3.63, 3.8) is 0 Å². The molecule has 1 saturated heterocycles. The molecule has 0 radical (unpaired) electrons. The van der Waals surface area contributed by atoms with Crippen LogP contribution in [-0.2, 0) is 6.42 Å². The number of carbonyl (C=O) groups is 1. The van der Waals surface area contributed by atoms with Crippen LogP contribution in [0.5, 0.6) is 0 Å². The smallest absolute Gasteiger partial charge is 0.256 e. The van der Waals surface area contributed by atoms with Gasteiger partial charge in [0.15, 0.2) is 5.65 Å². The Morgan fingerprint density at radius 2 is 2.25 bits per heavy atom. The van der Waals surface area contributed by atoms with Crippen molar-refractivity contribution < 1.29 is 10.6 Å². The Balaban J connectivity index is 1.70. The third kappa shape index (κ3) is 2.80. The molecule has 2 aliphatic heterocycles. The van der Waals surface area contributed by atoms with E-state index in [-0.39, 0.29) is 17.8 Å². The van der Waals surface area contributed by atoms with E-state index in [4.69, 9.17) is 6.35 Å². The first-order chi connectivity index (χ1) is 13.9. The van der Waals surface area contributed by atoms with Gasteiger partial charge in [0.1, 0.15) is 17.2 Å². The predicted octanol–water partition coefficient (Wildman–Crippen LogP) is 2.67. The number of pyridine rings is 1. The number of hydrogen-bond acceptors (Lipinski definition) is 5. The minimum Gasteiger partial charge on any atom is -0.349 e. The number of rotatable bonds is 0. The fraction of sp³-hybridized carbons (Fsp3) is 0.400. The molecule has 2 atom stereocenters. The largest absolute Gasteiger partial charge is 0.349 e. The SMILES string of the molecule is [2H][C@]1(C)CCc2ncc(F)cc2[C@H]2CCCN2c2ccn3ncc(c3n2)C(=O)N1. The van der Waals surface area contributed by atoms with Gasteiger partial charge in [-0.25, -0.2) is 13.9 Å². The zero-order valence-electron chi connectivity index (χ0n) is 16.5. The summed E-state index contributed by atoms with van der Waals surface area (Å²) >= 11 is 0. The van der Waals surface area contributed by atoms with Gasteiger partial charge in [0.2, 0.25) is 0 Å². The highest BCUT2D eigenvalue weighted by Gasteiger charge is 2.31. The molecule has 0 unspecified atom stereocenters. The number of aryl methyl sites for hydroxylation is 1. The number of fused-ring (bicyclic) bond motifs is 5. The van der Waals surface area contributed by atoms with E-state index in [1.54, 1.807) is 23.7 Å². The second kappa shape index (κ2) is 6.54. The van der Waals surface area contributed by atoms with E-state index in [0.717, 1.165) is 36.5 Å². The highest BCUT2D eigenvalue weighted by atomic mass is 19.1. The molecule has 0 spiro atoms. The van der Waals surface area contributed by atoms with Gasteiger partial charge in [-0.15, -0.1) is 0 Å². The summed E-state index contributed by atoms with van der Waals surface area (Å²) in [4.78, 5) is 24.0. The summed E-state index contributed by atoms with van der Waals surface area (Å²) in [5.41, 5.74) is 2.37. The molecule has 0 aromatic carbocycles. The molecule has 3 aromatic heterocycles. The highest BCUT2D eigenvalue weighted by molar-refractivity contribution is 5.99. The Hall–Kier alpha value is -3.03. The molecule has 1 N–H and O–H groups in total. The molecule has 8 heteroatoms. The summed E-state index contributed by atoms with van der Waals surface area (Å²) in [6.07, 6.45) is 7.11. The summed E-state index contributed by atoms with van der Waals surface area (Å²) in [6, 6.07) is 2.16. The predicted molar refractivity (Wildman–Crippen MR) is 102 cm³/mol. The van der Waals surface area contributed by atoms with E-state index in [1.807, 2.05) is 6.07 Å². The van der Waals surface area contributed by atoms with Crippen molar-refractivity contribution in [2.45, 2.75) is 44.7 Å². The van der Waals surface area contributed by atoms with Gasteiger partial charge in [-0.3, -0.25) is 9.78 Å². The molecular formula is C20H21FN6O. The van der Waals surface area contributed by atoms with Gasteiger partial charge < -0.3 is 10.2 Å². The topological polar surface area (TPSA) is 75.4 Å². The van der Waals surface area contributed by atoms with Crippen LogP contribution < -0.4 is 10.2 Å². The zero-order chi connectivity index (χ0) is 20.2.